The molecule has 0 aromatic carbocycles. The third kappa shape index (κ3) is 1.35. The molecule has 0 bridgehead atoms. The van der Waals surface area contributed by atoms with Crippen LogP contribution >= 0.6 is 0 Å². The molecule has 0 aromatic heterocycles. The van der Waals surface area contributed by atoms with E-state index in [1.807, 2.05) is 6.07 Å². The molecule has 1 aliphatic carbocycles. The Morgan fingerprint density at radius 2 is 1.73 bits per heavy atom. The van der Waals surface area contributed by atoms with E-state index in [4.69, 9.17) is 17.1 Å². The first kappa shape index (κ1) is 10.5. The molecule has 3 nitrogen and oxygen atoms in total. The first-order chi connectivity index (χ1) is 7.08. The number of hydrogen-bond acceptors (Lipinski definition) is 2. The van der Waals surface area contributed by atoms with Crippen LogP contribution in [0.3, 0.4) is 0 Å². The molecule has 1 aliphatic rings. The number of hydrogen-bond donors (Lipinski definition) is 0. The van der Waals surface area contributed by atoms with E-state index in [1.165, 1.54) is 0 Å². The van der Waals surface area contributed by atoms with Crippen LogP contribution in [-0.4, -0.2) is 0 Å². The van der Waals surface area contributed by atoms with Crippen LogP contribution < -0.4 is 0 Å². The fourth-order valence-corrected chi connectivity index (χ4v) is 1.41. The van der Waals surface area contributed by atoms with Crippen molar-refractivity contribution in [1.29, 1.82) is 10.5 Å². The van der Waals surface area contributed by atoms with Crippen molar-refractivity contribution < 1.29 is 0 Å². The first-order valence-electron chi connectivity index (χ1n) is 4.10. The first-order valence-corrected chi connectivity index (χ1v) is 4.10. The number of rotatable bonds is 0. The fourth-order valence-electron chi connectivity index (χ4n) is 1.41. The van der Waals surface area contributed by atoms with E-state index >= 15 is 0 Å². The summed E-state index contributed by atoms with van der Waals surface area (Å²) in [4.78, 5) is 3.10. The molecule has 0 N–H and O–H groups in total. The normalized spacial score (nSPS) is 20.7. The Balaban J connectivity index is 3.52. The standard InChI is InChI=1S/C12H7N3/c1-7(5-13)11-8(2)9(3)12(11)10(6-14)15-4/h2-3H2,1H3/b11-7-,12-10+. The lowest BCUT2D eigenvalue weighted by molar-refractivity contribution is 1.19. The van der Waals surface area contributed by atoms with Crippen LogP contribution in [0.25, 0.3) is 4.85 Å². The second kappa shape index (κ2) is 3.66. The van der Waals surface area contributed by atoms with Crippen LogP contribution in [-0.2, 0) is 0 Å². The van der Waals surface area contributed by atoms with E-state index in [1.54, 1.807) is 13.0 Å². The van der Waals surface area contributed by atoms with Crippen molar-refractivity contribution in [3.05, 3.63) is 58.1 Å². The van der Waals surface area contributed by atoms with Crippen LogP contribution in [0.2, 0.25) is 0 Å². The van der Waals surface area contributed by atoms with Crippen molar-refractivity contribution in [3.8, 4) is 12.1 Å². The summed E-state index contributed by atoms with van der Waals surface area (Å²) in [6.07, 6.45) is 0. The highest BCUT2D eigenvalue weighted by atomic mass is 14.7. The third-order valence-electron chi connectivity index (χ3n) is 2.22. The van der Waals surface area contributed by atoms with Gasteiger partial charge in [0.05, 0.1) is 18.7 Å². The van der Waals surface area contributed by atoms with Gasteiger partial charge in [0.15, 0.2) is 0 Å². The third-order valence-corrected chi connectivity index (χ3v) is 2.22. The molecule has 3 heteroatoms. The molecule has 70 valence electrons. The van der Waals surface area contributed by atoms with Crippen molar-refractivity contribution in [2.24, 2.45) is 0 Å². The van der Waals surface area contributed by atoms with E-state index in [0.29, 0.717) is 27.9 Å². The van der Waals surface area contributed by atoms with Gasteiger partial charge in [-0.25, -0.2) is 10.1 Å². The minimum Gasteiger partial charge on any atom is -0.226 e. The van der Waals surface area contributed by atoms with Gasteiger partial charge in [0.2, 0.25) is 0 Å². The van der Waals surface area contributed by atoms with Gasteiger partial charge in [0.25, 0.3) is 5.70 Å². The predicted octanol–water partition coefficient (Wildman–Crippen LogP) is 2.65. The zero-order valence-corrected chi connectivity index (χ0v) is 8.26. The SMILES string of the molecule is [C-]#[N+]/C(C#N)=C1\C(=C)C(=C)\C1=C(/C)C#N. The Bertz CT molecular complexity index is 535. The van der Waals surface area contributed by atoms with Crippen molar-refractivity contribution in [2.45, 2.75) is 6.92 Å². The highest BCUT2D eigenvalue weighted by molar-refractivity contribution is 5.81. The van der Waals surface area contributed by atoms with Crippen molar-refractivity contribution in [2.75, 3.05) is 0 Å². The number of nitriles is 2. The van der Waals surface area contributed by atoms with E-state index in [0.717, 1.165) is 0 Å². The van der Waals surface area contributed by atoms with Crippen LogP contribution in [0.15, 0.2) is 46.7 Å². The summed E-state index contributed by atoms with van der Waals surface area (Å²) >= 11 is 0. The Labute approximate surface area is 88.4 Å². The summed E-state index contributed by atoms with van der Waals surface area (Å²) < 4.78 is 0. The maximum absolute atomic E-state index is 8.76. The quantitative estimate of drug-likeness (QED) is 0.438. The molecule has 0 spiro atoms. The van der Waals surface area contributed by atoms with Crippen molar-refractivity contribution >= 4 is 0 Å². The number of allylic oxidation sites excluding steroid dienone is 6. The molecule has 0 heterocycles. The van der Waals surface area contributed by atoms with Gasteiger partial charge in [-0.2, -0.15) is 5.26 Å². The number of nitrogens with zero attached hydrogens (tertiary/aromatic N) is 3. The van der Waals surface area contributed by atoms with Crippen LogP contribution in [0, 0.1) is 29.2 Å². The monoisotopic (exact) mass is 193 g/mol. The molecule has 0 aromatic rings. The highest BCUT2D eigenvalue weighted by Crippen LogP contribution is 2.45. The summed E-state index contributed by atoms with van der Waals surface area (Å²) in [6, 6.07) is 3.78. The maximum atomic E-state index is 8.76. The molecular weight excluding hydrogens is 186 g/mol. The van der Waals surface area contributed by atoms with Gasteiger partial charge >= 0.3 is 0 Å². The minimum atomic E-state index is -0.0306. The second-order valence-electron chi connectivity index (χ2n) is 3.02. The highest BCUT2D eigenvalue weighted by Gasteiger charge is 2.31. The molecule has 0 saturated heterocycles. The summed E-state index contributed by atoms with van der Waals surface area (Å²) in [5.41, 5.74) is 2.70. The van der Waals surface area contributed by atoms with E-state index in [2.05, 4.69) is 18.0 Å². The molecule has 0 aliphatic heterocycles. The van der Waals surface area contributed by atoms with Gasteiger partial charge in [0.1, 0.15) is 0 Å². The topological polar surface area (TPSA) is 51.9 Å². The molecule has 15 heavy (non-hydrogen) atoms. The van der Waals surface area contributed by atoms with Gasteiger partial charge in [-0.1, -0.05) is 13.2 Å². The Morgan fingerprint density at radius 3 is 2.13 bits per heavy atom. The maximum Gasteiger partial charge on any atom is 0.270 e. The minimum absolute atomic E-state index is 0.0306. The molecule has 0 atom stereocenters. The summed E-state index contributed by atoms with van der Waals surface area (Å²) in [5, 5.41) is 17.5. The van der Waals surface area contributed by atoms with Crippen LogP contribution in [0.4, 0.5) is 0 Å². The lowest BCUT2D eigenvalue weighted by Gasteiger charge is -2.29. The average molecular weight is 193 g/mol. The van der Waals surface area contributed by atoms with Crippen molar-refractivity contribution in [3.63, 3.8) is 0 Å². The molecular formula is C12H7N3. The zero-order chi connectivity index (χ0) is 11.6. The molecule has 1 rings (SSSR count). The summed E-state index contributed by atoms with van der Waals surface area (Å²) in [5.74, 6) is 0. The molecule has 0 unspecified atom stereocenters. The van der Waals surface area contributed by atoms with Gasteiger partial charge < -0.3 is 0 Å². The molecule has 0 amide bonds. The van der Waals surface area contributed by atoms with E-state index < -0.39 is 0 Å². The smallest absolute Gasteiger partial charge is 0.226 e. The van der Waals surface area contributed by atoms with E-state index in [9.17, 15) is 0 Å². The fraction of sp³-hybridized carbons (Fsp3) is 0.0833. The van der Waals surface area contributed by atoms with Gasteiger partial charge in [-0.05, 0) is 23.6 Å². The zero-order valence-electron chi connectivity index (χ0n) is 8.26. The van der Waals surface area contributed by atoms with Gasteiger partial charge in [-0.3, -0.25) is 0 Å². The predicted molar refractivity (Wildman–Crippen MR) is 55.8 cm³/mol. The van der Waals surface area contributed by atoms with Crippen LogP contribution in [0.5, 0.6) is 0 Å². The summed E-state index contributed by atoms with van der Waals surface area (Å²) in [6.45, 7) is 15.9. The van der Waals surface area contributed by atoms with E-state index in [-0.39, 0.29) is 5.70 Å². The molecule has 1 fully saturated rings. The summed E-state index contributed by atoms with van der Waals surface area (Å²) in [7, 11) is 0. The largest absolute Gasteiger partial charge is 0.270 e. The van der Waals surface area contributed by atoms with Gasteiger partial charge in [0, 0.05) is 11.1 Å². The molecule has 1 saturated carbocycles. The Hall–Kier alpha value is -2.57. The lowest BCUT2D eigenvalue weighted by Crippen LogP contribution is -2.14. The van der Waals surface area contributed by atoms with Gasteiger partial charge in [-0.15, -0.1) is 0 Å². The Morgan fingerprint density at radius 1 is 1.20 bits per heavy atom. The lowest BCUT2D eigenvalue weighted by atomic mass is 9.73. The van der Waals surface area contributed by atoms with Crippen molar-refractivity contribution in [1.82, 2.24) is 0 Å². The Kier molecular flexibility index (Phi) is 2.57. The molecule has 0 radical (unpaired) electrons. The average Bonchev–Trinajstić information content (AvgIpc) is 2.27. The van der Waals surface area contributed by atoms with Crippen LogP contribution in [0.1, 0.15) is 6.92 Å². The second-order valence-corrected chi connectivity index (χ2v) is 3.02.